The molecule has 0 spiro atoms. The number of unbranched alkanes of at least 4 members (excludes halogenated alkanes) is 12. The summed E-state index contributed by atoms with van der Waals surface area (Å²) in [5, 5.41) is 11.0. The Labute approximate surface area is 175 Å². The van der Waals surface area contributed by atoms with Gasteiger partial charge in [-0.15, -0.1) is 0 Å². The Morgan fingerprint density at radius 2 is 1.32 bits per heavy atom. The van der Waals surface area contributed by atoms with E-state index in [9.17, 15) is 9.90 Å². The van der Waals surface area contributed by atoms with Gasteiger partial charge in [0, 0.05) is 6.42 Å². The predicted octanol–water partition coefficient (Wildman–Crippen LogP) is 5.85. The highest BCUT2D eigenvalue weighted by Gasteiger charge is 2.33. The lowest BCUT2D eigenvalue weighted by molar-refractivity contribution is -0.911. The molecule has 3 nitrogen and oxygen atoms in total. The molecule has 0 aliphatic heterocycles. The minimum Gasteiger partial charge on any atom is -0.544 e. The number of aliphatic carboxylic acids is 1. The van der Waals surface area contributed by atoms with E-state index in [0.717, 1.165) is 5.92 Å². The normalized spacial score (nSPS) is 20.4. The van der Waals surface area contributed by atoms with Crippen LogP contribution in [-0.4, -0.2) is 37.1 Å². The maximum atomic E-state index is 11.0. The summed E-state index contributed by atoms with van der Waals surface area (Å²) in [5.74, 6) is -0.103. The zero-order valence-corrected chi connectivity index (χ0v) is 19.4. The van der Waals surface area contributed by atoms with Gasteiger partial charge in [0.2, 0.25) is 0 Å². The Morgan fingerprint density at radius 1 is 0.821 bits per heavy atom. The van der Waals surface area contributed by atoms with Crippen molar-refractivity contribution in [2.75, 3.05) is 20.6 Å². The zero-order chi connectivity index (χ0) is 20.7. The van der Waals surface area contributed by atoms with Crippen LogP contribution in [0.4, 0.5) is 0 Å². The van der Waals surface area contributed by atoms with E-state index in [2.05, 4.69) is 21.0 Å². The molecule has 1 aliphatic rings. The third-order valence-corrected chi connectivity index (χ3v) is 7.00. The van der Waals surface area contributed by atoms with Gasteiger partial charge in [-0.1, -0.05) is 96.8 Å². The van der Waals surface area contributed by atoms with Crippen LogP contribution in [-0.2, 0) is 4.79 Å². The standard InChI is InChI=1S/C25H49NO2/c1-4-5-6-7-8-9-10-11-12-13-14-15-16-18-23-19-17-20-24(21-23)26(2,3)22-25(27)28/h23-24H,4-22H2,1-3H3. The molecule has 1 saturated carbocycles. The van der Waals surface area contributed by atoms with E-state index in [-0.39, 0.29) is 6.54 Å². The first-order chi connectivity index (χ1) is 13.5. The lowest BCUT2D eigenvalue weighted by atomic mass is 9.81. The first-order valence-corrected chi connectivity index (χ1v) is 12.5. The summed E-state index contributed by atoms with van der Waals surface area (Å²) in [6.45, 7) is 2.43. The van der Waals surface area contributed by atoms with Crippen molar-refractivity contribution in [3.63, 3.8) is 0 Å². The lowest BCUT2D eigenvalue weighted by Crippen LogP contribution is -2.55. The summed E-state index contributed by atoms with van der Waals surface area (Å²) in [6.07, 6.45) is 24.7. The Morgan fingerprint density at radius 3 is 1.82 bits per heavy atom. The fourth-order valence-electron chi connectivity index (χ4n) is 5.07. The molecule has 0 aromatic heterocycles. The molecular weight excluding hydrogens is 346 g/mol. The molecule has 0 aromatic carbocycles. The topological polar surface area (TPSA) is 40.1 Å². The highest BCUT2D eigenvalue weighted by molar-refractivity contribution is 5.65. The second-order valence-corrected chi connectivity index (χ2v) is 10.0. The van der Waals surface area contributed by atoms with Crippen molar-refractivity contribution in [1.82, 2.24) is 0 Å². The van der Waals surface area contributed by atoms with E-state index in [1.54, 1.807) is 0 Å². The highest BCUT2D eigenvalue weighted by atomic mass is 16.4. The number of carbonyl (C=O) groups excluding carboxylic acids is 1. The third kappa shape index (κ3) is 12.1. The van der Waals surface area contributed by atoms with Crippen LogP contribution in [0.3, 0.4) is 0 Å². The number of hydrogen-bond donors (Lipinski definition) is 0. The summed E-state index contributed by atoms with van der Waals surface area (Å²) >= 11 is 0. The number of carboxylic acids is 1. The number of carbonyl (C=O) groups is 1. The van der Waals surface area contributed by atoms with Crippen molar-refractivity contribution in [1.29, 1.82) is 0 Å². The van der Waals surface area contributed by atoms with Gasteiger partial charge in [0.05, 0.1) is 26.1 Å². The Bertz CT molecular complexity index is 394. The Kier molecular flexibility index (Phi) is 13.9. The van der Waals surface area contributed by atoms with E-state index < -0.39 is 5.97 Å². The van der Waals surface area contributed by atoms with E-state index in [4.69, 9.17) is 0 Å². The first-order valence-electron chi connectivity index (χ1n) is 12.5. The number of carboxylic acid groups (broad SMARTS) is 1. The van der Waals surface area contributed by atoms with Crippen LogP contribution < -0.4 is 5.11 Å². The van der Waals surface area contributed by atoms with Gasteiger partial charge in [-0.3, -0.25) is 0 Å². The Hall–Kier alpha value is -0.570. The van der Waals surface area contributed by atoms with Crippen LogP contribution in [0.2, 0.25) is 0 Å². The molecule has 2 unspecified atom stereocenters. The van der Waals surface area contributed by atoms with Crippen molar-refractivity contribution in [3.05, 3.63) is 0 Å². The smallest absolute Gasteiger partial charge is 0.119 e. The molecule has 1 aliphatic carbocycles. The van der Waals surface area contributed by atoms with Gasteiger partial charge < -0.3 is 14.4 Å². The molecule has 0 bridgehead atoms. The van der Waals surface area contributed by atoms with Crippen molar-refractivity contribution in [3.8, 4) is 0 Å². The van der Waals surface area contributed by atoms with Gasteiger partial charge in [-0.25, -0.2) is 0 Å². The third-order valence-electron chi connectivity index (χ3n) is 7.00. The molecule has 0 heterocycles. The Balaban J connectivity index is 1.98. The zero-order valence-electron chi connectivity index (χ0n) is 19.4. The van der Waals surface area contributed by atoms with E-state index >= 15 is 0 Å². The molecule has 0 saturated heterocycles. The summed E-state index contributed by atoms with van der Waals surface area (Å²) in [5.41, 5.74) is 0. The maximum absolute atomic E-state index is 11.0. The molecule has 2 atom stereocenters. The quantitative estimate of drug-likeness (QED) is 0.229. The monoisotopic (exact) mass is 395 g/mol. The second kappa shape index (κ2) is 15.3. The van der Waals surface area contributed by atoms with Gasteiger partial charge in [-0.2, -0.15) is 0 Å². The predicted molar refractivity (Wildman–Crippen MR) is 118 cm³/mol. The van der Waals surface area contributed by atoms with Gasteiger partial charge in [0.15, 0.2) is 0 Å². The van der Waals surface area contributed by atoms with E-state index in [1.807, 2.05) is 0 Å². The molecule has 0 aromatic rings. The number of quaternary nitrogens is 1. The van der Waals surface area contributed by atoms with Crippen LogP contribution in [0.5, 0.6) is 0 Å². The number of hydrogen-bond acceptors (Lipinski definition) is 2. The minimum absolute atomic E-state index is 0.149. The van der Waals surface area contributed by atoms with Crippen molar-refractivity contribution in [2.24, 2.45) is 5.92 Å². The van der Waals surface area contributed by atoms with Crippen LogP contribution >= 0.6 is 0 Å². The largest absolute Gasteiger partial charge is 0.544 e. The second-order valence-electron chi connectivity index (χ2n) is 10.0. The van der Waals surface area contributed by atoms with Crippen molar-refractivity contribution < 1.29 is 14.4 Å². The lowest BCUT2D eigenvalue weighted by Gasteiger charge is -2.42. The number of rotatable bonds is 17. The van der Waals surface area contributed by atoms with Crippen LogP contribution in [0.25, 0.3) is 0 Å². The highest BCUT2D eigenvalue weighted by Crippen LogP contribution is 2.33. The summed E-state index contributed by atoms with van der Waals surface area (Å²) < 4.78 is 0.595. The summed E-state index contributed by atoms with van der Waals surface area (Å²) in [7, 11) is 4.13. The van der Waals surface area contributed by atoms with Crippen LogP contribution in [0.15, 0.2) is 0 Å². The molecule has 0 amide bonds. The fraction of sp³-hybridized carbons (Fsp3) is 0.960. The molecular formula is C25H49NO2. The molecule has 0 N–H and O–H groups in total. The van der Waals surface area contributed by atoms with Gasteiger partial charge in [0.25, 0.3) is 0 Å². The molecule has 0 radical (unpaired) electrons. The SMILES string of the molecule is CCCCCCCCCCCCCCCC1CCCC([N+](C)(C)CC(=O)[O-])C1. The number of nitrogens with zero attached hydrogens (tertiary/aromatic N) is 1. The van der Waals surface area contributed by atoms with Crippen molar-refractivity contribution in [2.45, 2.75) is 129 Å². The summed E-state index contributed by atoms with van der Waals surface area (Å²) in [4.78, 5) is 11.0. The molecule has 166 valence electrons. The molecule has 1 fully saturated rings. The van der Waals surface area contributed by atoms with Crippen LogP contribution in [0, 0.1) is 5.92 Å². The van der Waals surface area contributed by atoms with E-state index in [0.29, 0.717) is 10.5 Å². The van der Waals surface area contributed by atoms with Gasteiger partial charge in [0.1, 0.15) is 6.54 Å². The van der Waals surface area contributed by atoms with Gasteiger partial charge >= 0.3 is 0 Å². The van der Waals surface area contributed by atoms with E-state index in [1.165, 1.54) is 116 Å². The summed E-state index contributed by atoms with van der Waals surface area (Å²) in [6, 6.07) is 0.499. The molecule has 3 heteroatoms. The van der Waals surface area contributed by atoms with Crippen molar-refractivity contribution >= 4 is 5.97 Å². The maximum Gasteiger partial charge on any atom is 0.119 e. The first kappa shape index (κ1) is 25.5. The number of likely N-dealkylation sites (N-methyl/N-ethyl adjacent to an activating group) is 1. The van der Waals surface area contributed by atoms with Crippen LogP contribution in [0.1, 0.15) is 122 Å². The van der Waals surface area contributed by atoms with Gasteiger partial charge in [-0.05, 0) is 25.2 Å². The average molecular weight is 396 g/mol. The molecule has 28 heavy (non-hydrogen) atoms. The molecule has 1 rings (SSSR count). The average Bonchev–Trinajstić information content (AvgIpc) is 2.65. The minimum atomic E-state index is -0.913. The fourth-order valence-corrected chi connectivity index (χ4v) is 5.07.